The molecule has 0 radical (unpaired) electrons. The molecule has 0 aliphatic carbocycles. The molecule has 1 aromatic rings. The topological polar surface area (TPSA) is 117 Å². The maximum Gasteiger partial charge on any atom is 0.308 e. The molecule has 2 heterocycles. The minimum atomic E-state index is -3.70. The van der Waals surface area contributed by atoms with Gasteiger partial charge in [-0.2, -0.15) is 0 Å². The molecular weight excluding hydrogens is 334 g/mol. The second kappa shape index (κ2) is 7.71. The molecule has 1 fully saturated rings. The summed E-state index contributed by atoms with van der Waals surface area (Å²) in [5.41, 5.74) is 0. The lowest BCUT2D eigenvalue weighted by atomic mass is 9.90. The standard InChI is InChI=1S/C15H21N3O5S/c1-11-13(15(20)21)5-3-9-18(11)14(19)6-8-17-24(22,23)12-4-2-7-16-10-12/h2,4,7,10-11,13,17H,3,5-6,8-9H2,1H3,(H,20,21)/t11-,13-/m1/s1. The fourth-order valence-corrected chi connectivity index (χ4v) is 3.85. The average molecular weight is 355 g/mol. The summed E-state index contributed by atoms with van der Waals surface area (Å²) in [5, 5.41) is 9.18. The van der Waals surface area contributed by atoms with Crippen molar-refractivity contribution in [1.82, 2.24) is 14.6 Å². The van der Waals surface area contributed by atoms with Crippen molar-refractivity contribution >= 4 is 21.9 Å². The largest absolute Gasteiger partial charge is 0.481 e. The second-order valence-electron chi connectivity index (χ2n) is 5.75. The third kappa shape index (κ3) is 4.30. The van der Waals surface area contributed by atoms with Gasteiger partial charge in [0.15, 0.2) is 0 Å². The number of sulfonamides is 1. The molecule has 0 saturated carbocycles. The summed E-state index contributed by atoms with van der Waals surface area (Å²) in [6, 6.07) is 2.54. The van der Waals surface area contributed by atoms with E-state index in [0.717, 1.165) is 0 Å². The first-order chi connectivity index (χ1) is 11.3. The highest BCUT2D eigenvalue weighted by molar-refractivity contribution is 7.89. The van der Waals surface area contributed by atoms with Gasteiger partial charge in [-0.15, -0.1) is 0 Å². The van der Waals surface area contributed by atoms with Crippen LogP contribution in [0.15, 0.2) is 29.4 Å². The van der Waals surface area contributed by atoms with Crippen LogP contribution in [-0.4, -0.2) is 54.4 Å². The predicted molar refractivity (Wildman–Crippen MR) is 85.6 cm³/mol. The highest BCUT2D eigenvalue weighted by atomic mass is 32.2. The average Bonchev–Trinajstić information content (AvgIpc) is 2.55. The van der Waals surface area contributed by atoms with E-state index in [9.17, 15) is 23.1 Å². The van der Waals surface area contributed by atoms with Crippen LogP contribution in [0.2, 0.25) is 0 Å². The van der Waals surface area contributed by atoms with E-state index >= 15 is 0 Å². The summed E-state index contributed by atoms with van der Waals surface area (Å²) in [4.78, 5) is 28.8. The number of aromatic nitrogens is 1. The maximum atomic E-state index is 12.3. The Bertz CT molecular complexity index is 692. The Morgan fingerprint density at radius 3 is 2.83 bits per heavy atom. The van der Waals surface area contributed by atoms with Gasteiger partial charge >= 0.3 is 5.97 Å². The van der Waals surface area contributed by atoms with Crippen LogP contribution in [0.1, 0.15) is 26.2 Å². The van der Waals surface area contributed by atoms with Crippen LogP contribution in [0.3, 0.4) is 0 Å². The smallest absolute Gasteiger partial charge is 0.308 e. The number of likely N-dealkylation sites (tertiary alicyclic amines) is 1. The normalized spacial score (nSPS) is 21.5. The van der Waals surface area contributed by atoms with Crippen molar-refractivity contribution in [2.45, 2.75) is 37.1 Å². The van der Waals surface area contributed by atoms with E-state index in [-0.39, 0.29) is 23.8 Å². The zero-order chi connectivity index (χ0) is 17.7. The van der Waals surface area contributed by atoms with Crippen molar-refractivity contribution in [2.75, 3.05) is 13.1 Å². The Kier molecular flexibility index (Phi) is 5.89. The lowest BCUT2D eigenvalue weighted by molar-refractivity contribution is -0.149. The van der Waals surface area contributed by atoms with Crippen molar-refractivity contribution in [1.29, 1.82) is 0 Å². The third-order valence-electron chi connectivity index (χ3n) is 4.20. The fraction of sp³-hybridized carbons (Fsp3) is 0.533. The number of carbonyl (C=O) groups excluding carboxylic acids is 1. The predicted octanol–water partition coefficient (Wildman–Crippen LogP) is 0.462. The Hall–Kier alpha value is -2.00. The van der Waals surface area contributed by atoms with Gasteiger partial charge in [-0.05, 0) is 31.9 Å². The van der Waals surface area contributed by atoms with Crippen LogP contribution < -0.4 is 4.72 Å². The number of nitrogens with zero attached hydrogens (tertiary/aromatic N) is 2. The summed E-state index contributed by atoms with van der Waals surface area (Å²) in [6.07, 6.45) is 3.87. The minimum absolute atomic E-state index is 0.0177. The Morgan fingerprint density at radius 2 is 2.21 bits per heavy atom. The third-order valence-corrected chi connectivity index (χ3v) is 5.65. The molecule has 0 bridgehead atoms. The molecule has 2 rings (SSSR count). The number of nitrogens with one attached hydrogen (secondary N) is 1. The van der Waals surface area contributed by atoms with E-state index in [1.54, 1.807) is 6.92 Å². The van der Waals surface area contributed by atoms with Gasteiger partial charge in [0.2, 0.25) is 15.9 Å². The zero-order valence-corrected chi connectivity index (χ0v) is 14.2. The summed E-state index contributed by atoms with van der Waals surface area (Å²) >= 11 is 0. The van der Waals surface area contributed by atoms with Gasteiger partial charge in [-0.25, -0.2) is 13.1 Å². The molecule has 2 atom stereocenters. The molecule has 1 aliphatic heterocycles. The van der Waals surface area contributed by atoms with Crippen LogP contribution in [-0.2, 0) is 19.6 Å². The lowest BCUT2D eigenvalue weighted by Gasteiger charge is -2.37. The van der Waals surface area contributed by atoms with Crippen molar-refractivity contribution in [3.05, 3.63) is 24.5 Å². The van der Waals surface area contributed by atoms with Gasteiger partial charge < -0.3 is 10.0 Å². The van der Waals surface area contributed by atoms with Crippen LogP contribution in [0, 0.1) is 5.92 Å². The number of amides is 1. The van der Waals surface area contributed by atoms with Gasteiger partial charge in [-0.1, -0.05) is 0 Å². The molecule has 2 N–H and O–H groups in total. The summed E-state index contributed by atoms with van der Waals surface area (Å²) in [6.45, 7) is 2.17. The van der Waals surface area contributed by atoms with E-state index in [1.165, 1.54) is 29.4 Å². The first kappa shape index (κ1) is 18.3. The number of carboxylic acids is 1. The monoisotopic (exact) mass is 355 g/mol. The molecule has 1 aliphatic rings. The number of piperidine rings is 1. The van der Waals surface area contributed by atoms with E-state index in [2.05, 4.69) is 9.71 Å². The number of carboxylic acid groups (broad SMARTS) is 1. The SMILES string of the molecule is C[C@@H]1[C@H](C(=O)O)CCCN1C(=O)CCNS(=O)(=O)c1cccnc1. The molecule has 24 heavy (non-hydrogen) atoms. The van der Waals surface area contributed by atoms with Gasteiger partial charge in [0, 0.05) is 37.9 Å². The molecule has 9 heteroatoms. The van der Waals surface area contributed by atoms with Gasteiger partial charge in [-0.3, -0.25) is 14.6 Å². The van der Waals surface area contributed by atoms with Crippen LogP contribution >= 0.6 is 0 Å². The molecule has 1 amide bonds. The number of carbonyl (C=O) groups is 2. The van der Waals surface area contributed by atoms with Crippen LogP contribution in [0.4, 0.5) is 0 Å². The van der Waals surface area contributed by atoms with Crippen molar-refractivity contribution in [3.8, 4) is 0 Å². The number of pyridine rings is 1. The molecule has 0 unspecified atom stereocenters. The molecular formula is C15H21N3O5S. The quantitative estimate of drug-likeness (QED) is 0.766. The Balaban J connectivity index is 1.90. The zero-order valence-electron chi connectivity index (χ0n) is 13.4. The fourth-order valence-electron chi connectivity index (χ4n) is 2.85. The highest BCUT2D eigenvalue weighted by Crippen LogP contribution is 2.24. The number of hydrogen-bond donors (Lipinski definition) is 2. The van der Waals surface area contributed by atoms with Gasteiger partial charge in [0.05, 0.1) is 5.92 Å². The first-order valence-electron chi connectivity index (χ1n) is 7.75. The number of rotatable bonds is 6. The van der Waals surface area contributed by atoms with Crippen molar-refractivity contribution in [2.24, 2.45) is 5.92 Å². The molecule has 132 valence electrons. The van der Waals surface area contributed by atoms with E-state index < -0.39 is 28.0 Å². The van der Waals surface area contributed by atoms with E-state index in [4.69, 9.17) is 0 Å². The number of aliphatic carboxylic acids is 1. The van der Waals surface area contributed by atoms with E-state index in [1.807, 2.05) is 0 Å². The van der Waals surface area contributed by atoms with Crippen LogP contribution in [0.25, 0.3) is 0 Å². The molecule has 1 saturated heterocycles. The number of hydrogen-bond acceptors (Lipinski definition) is 5. The van der Waals surface area contributed by atoms with Crippen molar-refractivity contribution < 1.29 is 23.1 Å². The maximum absolute atomic E-state index is 12.3. The lowest BCUT2D eigenvalue weighted by Crippen LogP contribution is -2.49. The molecule has 1 aromatic heterocycles. The van der Waals surface area contributed by atoms with Crippen LogP contribution in [0.5, 0.6) is 0 Å². The molecule has 0 aromatic carbocycles. The van der Waals surface area contributed by atoms with Gasteiger partial charge in [0.1, 0.15) is 4.90 Å². The van der Waals surface area contributed by atoms with E-state index in [0.29, 0.717) is 19.4 Å². The highest BCUT2D eigenvalue weighted by Gasteiger charge is 2.35. The first-order valence-corrected chi connectivity index (χ1v) is 9.23. The second-order valence-corrected chi connectivity index (χ2v) is 7.52. The van der Waals surface area contributed by atoms with Gasteiger partial charge in [0.25, 0.3) is 0 Å². The summed E-state index contributed by atoms with van der Waals surface area (Å²) < 4.78 is 26.4. The summed E-state index contributed by atoms with van der Waals surface area (Å²) in [5.74, 6) is -1.73. The van der Waals surface area contributed by atoms with Crippen molar-refractivity contribution in [3.63, 3.8) is 0 Å². The Labute approximate surface area is 140 Å². The minimum Gasteiger partial charge on any atom is -0.481 e. The Morgan fingerprint density at radius 1 is 1.46 bits per heavy atom. The molecule has 0 spiro atoms. The molecule has 8 nitrogen and oxygen atoms in total. The summed E-state index contributed by atoms with van der Waals surface area (Å²) in [7, 11) is -3.70.